The molecule has 3 N–H and O–H groups in total. The molecule has 11 nitrogen and oxygen atoms in total. The second-order valence-corrected chi connectivity index (χ2v) is 18.2. The fraction of sp³-hybridized carbons (Fsp3) is 0.450. The predicted molar refractivity (Wildman–Crippen MR) is 207 cm³/mol. The van der Waals surface area contributed by atoms with Gasteiger partial charge in [-0.3, -0.25) is 9.35 Å². The van der Waals surface area contributed by atoms with E-state index < -0.39 is 42.8 Å². The van der Waals surface area contributed by atoms with Gasteiger partial charge in [0, 0.05) is 65.5 Å². The molecule has 2 aliphatic heterocycles. The molecule has 2 aromatic carbocycles. The number of aryl methyl sites for hydroxylation is 1. The molecular formula is C40H51N3O8S2. The van der Waals surface area contributed by atoms with Gasteiger partial charge in [-0.2, -0.15) is 13.0 Å². The summed E-state index contributed by atoms with van der Waals surface area (Å²) in [7, 11) is -8.47. The normalized spacial score (nSPS) is 19.8. The number of carboxylic acid groups (broad SMARTS) is 1. The quantitative estimate of drug-likeness (QED) is 0.139. The van der Waals surface area contributed by atoms with Crippen LogP contribution in [0.4, 0.5) is 11.4 Å². The molecule has 2 heterocycles. The Balaban J connectivity index is 1.57. The van der Waals surface area contributed by atoms with Crippen molar-refractivity contribution in [1.82, 2.24) is 5.32 Å². The van der Waals surface area contributed by atoms with Gasteiger partial charge >= 0.3 is 5.97 Å². The summed E-state index contributed by atoms with van der Waals surface area (Å²) in [5.74, 6) is -1.70. The lowest BCUT2D eigenvalue weighted by Crippen LogP contribution is -2.28. The van der Waals surface area contributed by atoms with Crippen LogP contribution < -0.4 is 10.2 Å². The smallest absolute Gasteiger partial charge is 0.305 e. The van der Waals surface area contributed by atoms with Crippen molar-refractivity contribution in [1.29, 1.82) is 0 Å². The number of fused-ring (bicyclic) bond motifs is 2. The van der Waals surface area contributed by atoms with Crippen LogP contribution in [0.15, 0.2) is 89.3 Å². The number of allylic oxidation sites excluding steroid dienone is 7. The molecule has 0 saturated carbocycles. The third-order valence-electron chi connectivity index (χ3n) is 10.5. The van der Waals surface area contributed by atoms with Gasteiger partial charge in [-0.05, 0) is 75.3 Å². The predicted octanol–water partition coefficient (Wildman–Crippen LogP) is 6.25. The fourth-order valence-corrected chi connectivity index (χ4v) is 8.83. The van der Waals surface area contributed by atoms with Gasteiger partial charge in [-0.25, -0.2) is 8.42 Å². The largest absolute Gasteiger partial charge is 0.748 e. The maximum absolute atomic E-state index is 11.6. The van der Waals surface area contributed by atoms with E-state index in [2.05, 4.69) is 85.0 Å². The maximum atomic E-state index is 11.6. The molecule has 0 aromatic heterocycles. The van der Waals surface area contributed by atoms with Gasteiger partial charge < -0.3 is 19.9 Å². The van der Waals surface area contributed by atoms with Crippen molar-refractivity contribution in [3.63, 3.8) is 0 Å². The van der Waals surface area contributed by atoms with Gasteiger partial charge in [0.2, 0.25) is 5.69 Å². The summed E-state index contributed by atoms with van der Waals surface area (Å²) >= 11 is 0. The first kappa shape index (κ1) is 40.2. The zero-order valence-electron chi connectivity index (χ0n) is 31.2. The highest BCUT2D eigenvalue weighted by Crippen LogP contribution is 2.48. The van der Waals surface area contributed by atoms with Gasteiger partial charge in [0.05, 0.1) is 27.7 Å². The number of aliphatic carboxylic acids is 1. The van der Waals surface area contributed by atoms with E-state index in [1.807, 2.05) is 31.2 Å². The molecule has 3 aliphatic rings. The monoisotopic (exact) mass is 765 g/mol. The zero-order chi connectivity index (χ0) is 38.8. The molecule has 0 radical (unpaired) electrons. The number of nitrogens with zero attached hydrogens (tertiary/aromatic N) is 2. The number of benzene rings is 2. The number of hydrogen-bond acceptors (Lipinski definition) is 8. The number of nitrogens with one attached hydrogen (secondary N) is 1. The van der Waals surface area contributed by atoms with Gasteiger partial charge in [0.15, 0.2) is 5.71 Å². The molecule has 0 saturated heterocycles. The Morgan fingerprint density at radius 2 is 1.70 bits per heavy atom. The summed E-state index contributed by atoms with van der Waals surface area (Å²) in [6.45, 7) is 11.6. The third kappa shape index (κ3) is 9.37. The van der Waals surface area contributed by atoms with E-state index in [0.717, 1.165) is 75.6 Å². The van der Waals surface area contributed by atoms with Crippen molar-refractivity contribution in [3.05, 3.63) is 106 Å². The van der Waals surface area contributed by atoms with Crippen LogP contribution in [0.25, 0.3) is 0 Å². The van der Waals surface area contributed by atoms with Crippen LogP contribution in [0.5, 0.6) is 0 Å². The summed E-state index contributed by atoms with van der Waals surface area (Å²) in [4.78, 5) is 13.7. The van der Waals surface area contributed by atoms with Crippen LogP contribution in [0.3, 0.4) is 0 Å². The van der Waals surface area contributed by atoms with Crippen molar-refractivity contribution in [3.8, 4) is 0 Å². The number of carboxylic acids is 1. The molecule has 0 bridgehead atoms. The molecule has 0 unspecified atom stereocenters. The zero-order valence-corrected chi connectivity index (χ0v) is 32.8. The molecule has 286 valence electrons. The molecule has 1 aliphatic carbocycles. The molecule has 53 heavy (non-hydrogen) atoms. The van der Waals surface area contributed by atoms with Crippen molar-refractivity contribution in [2.75, 3.05) is 36.0 Å². The lowest BCUT2D eigenvalue weighted by molar-refractivity contribution is -0.437. The van der Waals surface area contributed by atoms with Crippen LogP contribution in [-0.4, -0.2) is 78.4 Å². The van der Waals surface area contributed by atoms with Crippen LogP contribution >= 0.6 is 0 Å². The van der Waals surface area contributed by atoms with Gasteiger partial charge in [0.25, 0.3) is 10.1 Å². The summed E-state index contributed by atoms with van der Waals surface area (Å²) in [6.07, 6.45) is 11.1. The standard InChI is InChI=1S/C40H51N3O8S2/c1-28-15-18-34-32(27-28)40(4,5)36(43(34)24-10-26-53(49,50)51)20-17-30-12-8-11-29(38(30)41-22-21-37(44)45)16-19-35-39(2,3)31-13-6-7-14-33(31)42(35)23-9-25-52(46,47)48/h6-7,13-20,27H,8-12,21-26H2,1-5H3,(H3,44,45,46,47,48,49,50,51)/b30-17+,36-20-. The van der Waals surface area contributed by atoms with Gasteiger partial charge in [-0.15, -0.1) is 0 Å². The Morgan fingerprint density at radius 3 is 2.40 bits per heavy atom. The van der Waals surface area contributed by atoms with E-state index in [0.29, 0.717) is 13.1 Å². The lowest BCUT2D eigenvalue weighted by Gasteiger charge is -2.27. The summed E-state index contributed by atoms with van der Waals surface area (Å²) in [6, 6.07) is 14.2. The SMILES string of the molecule is Cc1ccc2c(c1)C(C)(C)/C(=C/C=C1\CCCC(/C=C/C3=[N+](CCCS(=O)(=O)[O-])c4ccccc4C3(C)C)=C1NCCC(=O)O)N2CCCS(=O)(=O)O. The lowest BCUT2D eigenvalue weighted by atomic mass is 9.81. The molecule has 13 heteroatoms. The first-order valence-corrected chi connectivity index (χ1v) is 21.3. The fourth-order valence-electron chi connectivity index (χ4n) is 7.86. The van der Waals surface area contributed by atoms with E-state index in [1.165, 1.54) is 0 Å². The first-order valence-electron chi connectivity index (χ1n) is 18.1. The Morgan fingerprint density at radius 1 is 0.962 bits per heavy atom. The summed E-state index contributed by atoms with van der Waals surface area (Å²) < 4.78 is 69.0. The molecule has 0 atom stereocenters. The highest BCUT2D eigenvalue weighted by atomic mass is 32.2. The highest BCUT2D eigenvalue weighted by molar-refractivity contribution is 7.85. The minimum Gasteiger partial charge on any atom is -0.748 e. The molecule has 0 spiro atoms. The third-order valence-corrected chi connectivity index (χ3v) is 12.1. The number of para-hydroxylation sites is 1. The summed E-state index contributed by atoms with van der Waals surface area (Å²) in [5.41, 5.74) is 9.38. The van der Waals surface area contributed by atoms with Gasteiger partial charge in [-0.1, -0.05) is 61.9 Å². The number of carbonyl (C=O) groups is 1. The number of rotatable bonds is 15. The average Bonchev–Trinajstić information content (AvgIpc) is 3.40. The van der Waals surface area contributed by atoms with Crippen LogP contribution in [0, 0.1) is 6.92 Å². The van der Waals surface area contributed by atoms with Crippen molar-refractivity contribution >= 4 is 43.3 Å². The summed E-state index contributed by atoms with van der Waals surface area (Å²) in [5, 5.41) is 12.9. The highest BCUT2D eigenvalue weighted by Gasteiger charge is 2.44. The van der Waals surface area contributed by atoms with E-state index in [9.17, 15) is 35.8 Å². The van der Waals surface area contributed by atoms with E-state index in [-0.39, 0.29) is 31.6 Å². The second kappa shape index (κ2) is 15.7. The first-order chi connectivity index (χ1) is 24.8. The number of hydrogen-bond donors (Lipinski definition) is 3. The molecular weight excluding hydrogens is 715 g/mol. The number of anilines is 1. The van der Waals surface area contributed by atoms with Crippen molar-refractivity contribution < 1.29 is 40.4 Å². The second-order valence-electron chi connectivity index (χ2n) is 15.1. The van der Waals surface area contributed by atoms with Crippen molar-refractivity contribution in [2.24, 2.45) is 0 Å². The average molecular weight is 766 g/mol. The van der Waals surface area contributed by atoms with Crippen molar-refractivity contribution in [2.45, 2.75) is 84.0 Å². The van der Waals surface area contributed by atoms with Crippen LogP contribution in [0.2, 0.25) is 0 Å². The van der Waals surface area contributed by atoms with Crippen LogP contribution in [-0.2, 0) is 35.9 Å². The Labute approximate surface area is 314 Å². The van der Waals surface area contributed by atoms with E-state index in [1.54, 1.807) is 0 Å². The van der Waals surface area contributed by atoms with Gasteiger partial charge in [0.1, 0.15) is 6.54 Å². The maximum Gasteiger partial charge on any atom is 0.305 e. The van der Waals surface area contributed by atoms with E-state index >= 15 is 0 Å². The Bertz CT molecular complexity index is 2140. The minimum atomic E-state index is -4.36. The molecule has 0 fully saturated rings. The molecule has 2 aromatic rings. The van der Waals surface area contributed by atoms with Crippen LogP contribution in [0.1, 0.15) is 82.9 Å². The Hall–Kier alpha value is -4.04. The Kier molecular flexibility index (Phi) is 11.9. The molecule has 0 amide bonds. The van der Waals surface area contributed by atoms with E-state index in [4.69, 9.17) is 0 Å². The topological polar surface area (TPSA) is 167 Å². The minimum absolute atomic E-state index is 0.0613. The molecule has 5 rings (SSSR count).